The molecule has 5 heteroatoms. The molecule has 0 saturated carbocycles. The van der Waals surface area contributed by atoms with Gasteiger partial charge < -0.3 is 4.90 Å². The van der Waals surface area contributed by atoms with Crippen molar-refractivity contribution in [3.8, 4) is 21.1 Å². The second kappa shape index (κ2) is 7.48. The van der Waals surface area contributed by atoms with E-state index in [1.54, 1.807) is 17.5 Å². The number of thiazole rings is 1. The van der Waals surface area contributed by atoms with Crippen LogP contribution in [-0.2, 0) is 6.42 Å². The van der Waals surface area contributed by atoms with E-state index < -0.39 is 0 Å². The third-order valence-electron chi connectivity index (χ3n) is 4.54. The number of allylic oxidation sites excluding steroid dienone is 1. The monoisotopic (exact) mass is 362 g/mol. The Morgan fingerprint density at radius 2 is 2.08 bits per heavy atom. The molecule has 1 aliphatic rings. The number of likely N-dealkylation sites (N-methyl/N-ethyl adjacent to an activating group) is 1. The van der Waals surface area contributed by atoms with Gasteiger partial charge >= 0.3 is 0 Å². The molecule has 0 spiro atoms. The molecule has 0 N–H and O–H groups in total. The number of pyridine rings is 2. The van der Waals surface area contributed by atoms with Crippen molar-refractivity contribution < 1.29 is 0 Å². The van der Waals surface area contributed by atoms with Gasteiger partial charge in [-0.15, -0.1) is 11.3 Å². The summed E-state index contributed by atoms with van der Waals surface area (Å²) in [5.74, 6) is 0. The van der Waals surface area contributed by atoms with Crippen molar-refractivity contribution >= 4 is 16.9 Å². The van der Waals surface area contributed by atoms with Gasteiger partial charge in [0.1, 0.15) is 5.01 Å². The Labute approximate surface area is 158 Å². The van der Waals surface area contributed by atoms with Crippen LogP contribution in [0.4, 0.5) is 0 Å². The lowest BCUT2D eigenvalue weighted by atomic mass is 9.91. The van der Waals surface area contributed by atoms with E-state index in [0.29, 0.717) is 0 Å². The van der Waals surface area contributed by atoms with E-state index in [1.807, 2.05) is 24.5 Å². The maximum Gasteiger partial charge on any atom is 0.125 e. The second-order valence-corrected chi connectivity index (χ2v) is 7.85. The highest BCUT2D eigenvalue weighted by atomic mass is 32.1. The van der Waals surface area contributed by atoms with Crippen LogP contribution >= 0.6 is 11.3 Å². The third kappa shape index (κ3) is 3.59. The van der Waals surface area contributed by atoms with Crippen LogP contribution in [0.25, 0.3) is 26.7 Å². The number of aryl methyl sites for hydroxylation is 1. The number of hydrogen-bond donors (Lipinski definition) is 0. The average molecular weight is 363 g/mol. The second-order valence-electron chi connectivity index (χ2n) is 6.82. The summed E-state index contributed by atoms with van der Waals surface area (Å²) >= 11 is 1.67. The van der Waals surface area contributed by atoms with Crippen molar-refractivity contribution in [2.45, 2.75) is 19.3 Å². The van der Waals surface area contributed by atoms with Crippen molar-refractivity contribution in [2.24, 2.45) is 0 Å². The van der Waals surface area contributed by atoms with Crippen LogP contribution in [-0.4, -0.2) is 40.5 Å². The van der Waals surface area contributed by atoms with E-state index in [0.717, 1.165) is 40.5 Å². The highest BCUT2D eigenvalue weighted by molar-refractivity contribution is 7.18. The highest BCUT2D eigenvalue weighted by Crippen LogP contribution is 2.34. The topological polar surface area (TPSA) is 41.9 Å². The number of fused-ring (bicyclic) bond motifs is 1. The van der Waals surface area contributed by atoms with Gasteiger partial charge in [-0.25, -0.2) is 9.97 Å². The fourth-order valence-corrected chi connectivity index (χ4v) is 4.08. The molecule has 132 valence electrons. The molecule has 0 aliphatic heterocycles. The molecular formula is C21H22N4S. The Hall–Kier alpha value is -2.37. The molecule has 0 aromatic carbocycles. The lowest BCUT2D eigenvalue weighted by molar-refractivity contribution is 0.456. The van der Waals surface area contributed by atoms with Crippen LogP contribution in [0.2, 0.25) is 0 Å². The molecule has 0 saturated heterocycles. The van der Waals surface area contributed by atoms with E-state index >= 15 is 0 Å². The average Bonchev–Trinajstić information content (AvgIpc) is 3.17. The minimum Gasteiger partial charge on any atom is -0.306 e. The summed E-state index contributed by atoms with van der Waals surface area (Å²) in [5.41, 5.74) is 5.97. The Kier molecular flexibility index (Phi) is 4.91. The van der Waals surface area contributed by atoms with Gasteiger partial charge in [0.15, 0.2) is 0 Å². The molecule has 0 atom stereocenters. The van der Waals surface area contributed by atoms with Gasteiger partial charge in [-0.05, 0) is 62.7 Å². The number of rotatable bonds is 4. The lowest BCUT2D eigenvalue weighted by Gasteiger charge is -2.19. The third-order valence-corrected chi connectivity index (χ3v) is 5.61. The molecule has 4 rings (SSSR count). The molecule has 3 aromatic heterocycles. The van der Waals surface area contributed by atoms with Crippen molar-refractivity contribution in [1.82, 2.24) is 19.9 Å². The first-order chi connectivity index (χ1) is 12.7. The molecule has 26 heavy (non-hydrogen) atoms. The number of hydrogen-bond acceptors (Lipinski definition) is 5. The molecule has 0 bridgehead atoms. The van der Waals surface area contributed by atoms with E-state index in [-0.39, 0.29) is 0 Å². The van der Waals surface area contributed by atoms with E-state index in [1.165, 1.54) is 23.3 Å². The Morgan fingerprint density at radius 1 is 1.15 bits per heavy atom. The fraction of sp³-hybridized carbons (Fsp3) is 0.286. The van der Waals surface area contributed by atoms with E-state index in [2.05, 4.69) is 47.2 Å². The summed E-state index contributed by atoms with van der Waals surface area (Å²) in [6.07, 6.45) is 11.3. The summed E-state index contributed by atoms with van der Waals surface area (Å²) in [6, 6.07) is 8.35. The van der Waals surface area contributed by atoms with Crippen molar-refractivity contribution in [2.75, 3.05) is 20.6 Å². The highest BCUT2D eigenvalue weighted by Gasteiger charge is 2.17. The molecule has 0 amide bonds. The Morgan fingerprint density at radius 3 is 2.88 bits per heavy atom. The van der Waals surface area contributed by atoms with Crippen LogP contribution < -0.4 is 0 Å². The zero-order valence-electron chi connectivity index (χ0n) is 15.1. The minimum absolute atomic E-state index is 0.951. The van der Waals surface area contributed by atoms with Crippen LogP contribution in [0.15, 0.2) is 48.9 Å². The molecular weight excluding hydrogens is 340 g/mol. The van der Waals surface area contributed by atoms with Gasteiger partial charge in [-0.1, -0.05) is 12.1 Å². The normalized spacial score (nSPS) is 15.4. The van der Waals surface area contributed by atoms with Crippen molar-refractivity contribution in [3.63, 3.8) is 0 Å². The van der Waals surface area contributed by atoms with Gasteiger partial charge in [-0.3, -0.25) is 4.98 Å². The first kappa shape index (κ1) is 17.1. The van der Waals surface area contributed by atoms with Crippen LogP contribution in [0.3, 0.4) is 0 Å². The molecule has 3 aromatic rings. The summed E-state index contributed by atoms with van der Waals surface area (Å²) in [4.78, 5) is 17.1. The molecule has 0 fully saturated rings. The predicted octanol–water partition coefficient (Wildman–Crippen LogP) is 4.55. The van der Waals surface area contributed by atoms with Crippen molar-refractivity contribution in [3.05, 3.63) is 60.2 Å². The van der Waals surface area contributed by atoms with Crippen LogP contribution in [0, 0.1) is 0 Å². The van der Waals surface area contributed by atoms with E-state index in [9.17, 15) is 0 Å². The smallest absolute Gasteiger partial charge is 0.125 e. The summed E-state index contributed by atoms with van der Waals surface area (Å²) in [6.45, 7) is 0.951. The molecule has 4 nitrogen and oxygen atoms in total. The Balaban J connectivity index is 1.68. The maximum atomic E-state index is 5.02. The Bertz CT molecular complexity index is 928. The number of nitrogens with zero attached hydrogens (tertiary/aromatic N) is 4. The first-order valence-corrected chi connectivity index (χ1v) is 9.73. The van der Waals surface area contributed by atoms with Gasteiger partial charge in [-0.2, -0.15) is 0 Å². The van der Waals surface area contributed by atoms with Gasteiger partial charge in [0.05, 0.1) is 16.3 Å². The molecule has 0 radical (unpaired) electrons. The van der Waals surface area contributed by atoms with E-state index in [4.69, 9.17) is 4.98 Å². The van der Waals surface area contributed by atoms with Gasteiger partial charge in [0.25, 0.3) is 0 Å². The fourth-order valence-electron chi connectivity index (χ4n) is 3.20. The van der Waals surface area contributed by atoms with Crippen molar-refractivity contribution in [1.29, 1.82) is 0 Å². The quantitative estimate of drug-likeness (QED) is 0.683. The summed E-state index contributed by atoms with van der Waals surface area (Å²) < 4.78 is 0. The minimum atomic E-state index is 0.951. The molecule has 0 unspecified atom stereocenters. The zero-order valence-corrected chi connectivity index (χ0v) is 16.0. The van der Waals surface area contributed by atoms with Crippen LogP contribution in [0.5, 0.6) is 0 Å². The SMILES string of the molecule is CN(C)C/C=C1/CCCc2ccc(-c3cnc(-c4cccnc4)s3)nc21. The predicted molar refractivity (Wildman–Crippen MR) is 108 cm³/mol. The molecule has 3 heterocycles. The first-order valence-electron chi connectivity index (χ1n) is 8.91. The van der Waals surface area contributed by atoms with Gasteiger partial charge in [0, 0.05) is 30.7 Å². The maximum absolute atomic E-state index is 5.02. The van der Waals surface area contributed by atoms with Gasteiger partial charge in [0.2, 0.25) is 0 Å². The lowest BCUT2D eigenvalue weighted by Crippen LogP contribution is -2.12. The summed E-state index contributed by atoms with van der Waals surface area (Å²) in [5, 5.41) is 0.982. The zero-order chi connectivity index (χ0) is 17.9. The van der Waals surface area contributed by atoms with Crippen LogP contribution in [0.1, 0.15) is 24.1 Å². The molecule has 1 aliphatic carbocycles. The standard InChI is InChI=1S/C21H22N4S/c1-25(2)12-10-16-6-3-5-15-8-9-18(24-20(15)16)19-14-23-21(26-19)17-7-4-11-22-13-17/h4,7-11,13-14H,3,5-6,12H2,1-2H3/b16-10-. The number of aromatic nitrogens is 3. The summed E-state index contributed by atoms with van der Waals surface area (Å²) in [7, 11) is 4.20. The largest absolute Gasteiger partial charge is 0.306 e.